The van der Waals surface area contributed by atoms with E-state index in [1.807, 2.05) is 0 Å². The molecule has 1 aromatic carbocycles. The average Bonchev–Trinajstić information content (AvgIpc) is 2.80. The lowest BCUT2D eigenvalue weighted by Gasteiger charge is -2.26. The van der Waals surface area contributed by atoms with Crippen molar-refractivity contribution in [2.75, 3.05) is 33.7 Å². The SMILES string of the molecule is Cc1ccc([N+](=O)[O-])cc1S(=O)(=O)N1CCC(O)(CN(C)C)C1. The zero-order valence-corrected chi connectivity index (χ0v) is 14.2. The van der Waals surface area contributed by atoms with Crippen LogP contribution in [0.2, 0.25) is 0 Å². The fourth-order valence-electron chi connectivity index (χ4n) is 2.86. The quantitative estimate of drug-likeness (QED) is 0.620. The molecule has 2 rings (SSSR count). The molecule has 1 fully saturated rings. The van der Waals surface area contributed by atoms with E-state index in [1.165, 1.54) is 16.4 Å². The van der Waals surface area contributed by atoms with Gasteiger partial charge in [-0.3, -0.25) is 10.1 Å². The van der Waals surface area contributed by atoms with Crippen molar-refractivity contribution in [1.82, 2.24) is 9.21 Å². The van der Waals surface area contributed by atoms with E-state index in [-0.39, 0.29) is 23.7 Å². The highest BCUT2D eigenvalue weighted by Crippen LogP contribution is 2.30. The van der Waals surface area contributed by atoms with Gasteiger partial charge >= 0.3 is 0 Å². The average molecular weight is 343 g/mol. The van der Waals surface area contributed by atoms with Gasteiger partial charge in [-0.15, -0.1) is 0 Å². The van der Waals surface area contributed by atoms with E-state index in [1.54, 1.807) is 25.9 Å². The van der Waals surface area contributed by atoms with Crippen molar-refractivity contribution in [2.45, 2.75) is 23.8 Å². The monoisotopic (exact) mass is 343 g/mol. The highest BCUT2D eigenvalue weighted by molar-refractivity contribution is 7.89. The van der Waals surface area contributed by atoms with Crippen LogP contribution in [0.4, 0.5) is 5.69 Å². The third kappa shape index (κ3) is 3.69. The van der Waals surface area contributed by atoms with Crippen molar-refractivity contribution in [3.05, 3.63) is 33.9 Å². The first kappa shape index (κ1) is 17.8. The molecule has 1 saturated heterocycles. The highest BCUT2D eigenvalue weighted by atomic mass is 32.2. The van der Waals surface area contributed by atoms with Crippen LogP contribution < -0.4 is 0 Å². The van der Waals surface area contributed by atoms with E-state index in [4.69, 9.17) is 0 Å². The number of hydrogen-bond acceptors (Lipinski definition) is 6. The minimum Gasteiger partial charge on any atom is -0.387 e. The number of non-ortho nitro benzene ring substituents is 1. The second-order valence-electron chi connectivity index (χ2n) is 6.26. The Labute approximate surface area is 135 Å². The summed E-state index contributed by atoms with van der Waals surface area (Å²) < 4.78 is 26.8. The van der Waals surface area contributed by atoms with Gasteiger partial charge in [0.25, 0.3) is 5.69 Å². The molecule has 128 valence electrons. The van der Waals surface area contributed by atoms with Gasteiger partial charge in [0.15, 0.2) is 0 Å². The Morgan fingerprint density at radius 1 is 1.43 bits per heavy atom. The predicted octanol–water partition coefficient (Wildman–Crippen LogP) is 0.590. The molecule has 1 aromatic rings. The van der Waals surface area contributed by atoms with Crippen molar-refractivity contribution in [3.63, 3.8) is 0 Å². The molecule has 1 heterocycles. The highest BCUT2D eigenvalue weighted by Gasteiger charge is 2.42. The first-order valence-corrected chi connectivity index (χ1v) is 8.61. The van der Waals surface area contributed by atoms with Gasteiger partial charge in [0, 0.05) is 31.8 Å². The molecule has 0 radical (unpaired) electrons. The molecule has 0 aliphatic carbocycles. The number of hydrogen-bond donors (Lipinski definition) is 1. The summed E-state index contributed by atoms with van der Waals surface area (Å²) in [7, 11) is -0.271. The van der Waals surface area contributed by atoms with Crippen LogP contribution in [0.15, 0.2) is 23.1 Å². The second kappa shape index (κ2) is 6.16. The number of nitro groups is 1. The van der Waals surface area contributed by atoms with Crippen LogP contribution >= 0.6 is 0 Å². The molecule has 1 aliphatic heterocycles. The van der Waals surface area contributed by atoms with E-state index in [9.17, 15) is 23.6 Å². The number of nitro benzene ring substituents is 1. The molecule has 23 heavy (non-hydrogen) atoms. The normalized spacial score (nSPS) is 22.7. The van der Waals surface area contributed by atoms with Crippen molar-refractivity contribution in [1.29, 1.82) is 0 Å². The van der Waals surface area contributed by atoms with Gasteiger partial charge in [-0.05, 0) is 33.0 Å². The number of aryl methyl sites for hydroxylation is 1. The van der Waals surface area contributed by atoms with E-state index in [0.29, 0.717) is 18.5 Å². The molecule has 0 amide bonds. The lowest BCUT2D eigenvalue weighted by molar-refractivity contribution is -0.385. The minimum atomic E-state index is -3.88. The molecule has 0 spiro atoms. The number of aliphatic hydroxyl groups is 1. The molecule has 9 heteroatoms. The van der Waals surface area contributed by atoms with E-state index < -0.39 is 20.5 Å². The van der Waals surface area contributed by atoms with Gasteiger partial charge in [-0.1, -0.05) is 6.07 Å². The zero-order chi connectivity index (χ0) is 17.4. The summed E-state index contributed by atoms with van der Waals surface area (Å²) in [5.74, 6) is 0. The standard InChI is InChI=1S/C14H21N3O5S/c1-11-4-5-12(17(19)20)8-13(11)23(21,22)16-7-6-14(18,10-16)9-15(2)3/h4-5,8,18H,6-7,9-10H2,1-3H3. The lowest BCUT2D eigenvalue weighted by atomic mass is 10.0. The molecule has 0 saturated carbocycles. The van der Waals surface area contributed by atoms with Gasteiger partial charge < -0.3 is 10.0 Å². The minimum absolute atomic E-state index is 0.0182. The van der Waals surface area contributed by atoms with Crippen molar-refractivity contribution in [2.24, 2.45) is 0 Å². The molecule has 0 aromatic heterocycles. The second-order valence-corrected chi connectivity index (χ2v) is 8.16. The van der Waals surface area contributed by atoms with Crippen molar-refractivity contribution < 1.29 is 18.4 Å². The maximum absolute atomic E-state index is 12.8. The van der Waals surface area contributed by atoms with E-state index in [2.05, 4.69) is 0 Å². The zero-order valence-electron chi connectivity index (χ0n) is 13.4. The molecule has 1 atom stereocenters. The van der Waals surface area contributed by atoms with Gasteiger partial charge in [0.1, 0.15) is 0 Å². The third-order valence-corrected chi connectivity index (χ3v) is 5.90. The maximum Gasteiger partial charge on any atom is 0.270 e. The summed E-state index contributed by atoms with van der Waals surface area (Å²) in [6.45, 7) is 2.12. The van der Waals surface area contributed by atoms with Gasteiger partial charge in [0.2, 0.25) is 10.0 Å². The summed E-state index contributed by atoms with van der Waals surface area (Å²) in [4.78, 5) is 12.0. The number of benzene rings is 1. The largest absolute Gasteiger partial charge is 0.387 e. The topological polar surface area (TPSA) is 104 Å². The van der Waals surface area contributed by atoms with Gasteiger partial charge in [-0.2, -0.15) is 4.31 Å². The fourth-order valence-corrected chi connectivity index (χ4v) is 4.63. The Balaban J connectivity index is 2.33. The molecule has 1 unspecified atom stereocenters. The summed E-state index contributed by atoms with van der Waals surface area (Å²) in [5, 5.41) is 21.4. The summed E-state index contributed by atoms with van der Waals surface area (Å²) in [6, 6.07) is 3.78. The first-order valence-electron chi connectivity index (χ1n) is 7.17. The number of likely N-dealkylation sites (N-methyl/N-ethyl adjacent to an activating group) is 1. The molecule has 8 nitrogen and oxygen atoms in total. The van der Waals surface area contributed by atoms with Gasteiger partial charge in [-0.25, -0.2) is 8.42 Å². The van der Waals surface area contributed by atoms with Gasteiger partial charge in [0.05, 0.1) is 15.4 Å². The maximum atomic E-state index is 12.8. The van der Waals surface area contributed by atoms with Crippen LogP contribution in [0.3, 0.4) is 0 Å². The number of β-amino-alcohol motifs (C(OH)–C–C–N with tert-alkyl or cyclic N) is 1. The fraction of sp³-hybridized carbons (Fsp3) is 0.571. The molecule has 1 aliphatic rings. The first-order chi connectivity index (χ1) is 10.5. The molecular weight excluding hydrogens is 322 g/mol. The van der Waals surface area contributed by atoms with Crippen molar-refractivity contribution >= 4 is 15.7 Å². The Hall–Kier alpha value is -1.55. The Morgan fingerprint density at radius 3 is 2.65 bits per heavy atom. The Morgan fingerprint density at radius 2 is 2.09 bits per heavy atom. The smallest absolute Gasteiger partial charge is 0.270 e. The summed E-state index contributed by atoms with van der Waals surface area (Å²) >= 11 is 0. The molecule has 1 N–H and O–H groups in total. The summed E-state index contributed by atoms with van der Waals surface area (Å²) in [5.41, 5.74) is -0.930. The van der Waals surface area contributed by atoms with Crippen molar-refractivity contribution in [3.8, 4) is 0 Å². The van der Waals surface area contributed by atoms with Crippen LogP contribution in [-0.2, 0) is 10.0 Å². The van der Waals surface area contributed by atoms with Crippen LogP contribution in [0.1, 0.15) is 12.0 Å². The molecular formula is C14H21N3O5S. The van der Waals surface area contributed by atoms with Crippen LogP contribution in [-0.4, -0.2) is 67.0 Å². The van der Waals surface area contributed by atoms with Crippen LogP contribution in [0.25, 0.3) is 0 Å². The predicted molar refractivity (Wildman–Crippen MR) is 84.7 cm³/mol. The number of rotatable bonds is 5. The number of nitrogens with zero attached hydrogens (tertiary/aromatic N) is 3. The molecule has 0 bridgehead atoms. The van der Waals surface area contributed by atoms with E-state index >= 15 is 0 Å². The third-order valence-electron chi connectivity index (χ3n) is 3.91. The summed E-state index contributed by atoms with van der Waals surface area (Å²) in [6.07, 6.45) is 0.332. The van der Waals surface area contributed by atoms with Crippen LogP contribution in [0, 0.1) is 17.0 Å². The number of sulfonamides is 1. The van der Waals surface area contributed by atoms with Crippen LogP contribution in [0.5, 0.6) is 0 Å². The van der Waals surface area contributed by atoms with E-state index in [0.717, 1.165) is 6.07 Å². The Kier molecular flexibility index (Phi) is 4.76. The Bertz CT molecular complexity index is 719. The lowest BCUT2D eigenvalue weighted by Crippen LogP contribution is -2.43.